The van der Waals surface area contributed by atoms with Gasteiger partial charge in [-0.3, -0.25) is 5.32 Å². The second-order valence-corrected chi connectivity index (χ2v) is 12.2. The van der Waals surface area contributed by atoms with E-state index in [-0.39, 0.29) is 12.0 Å². The summed E-state index contributed by atoms with van der Waals surface area (Å²) in [5, 5.41) is 6.49. The van der Waals surface area contributed by atoms with E-state index in [1.54, 1.807) is 11.3 Å². The Bertz CT molecular complexity index is 1050. The number of hydrogen-bond acceptors (Lipinski definition) is 6. The SMILES string of the molecule is [B]c1sc2c(c1CNC(=O)Nc1sc3c(c1C(=O)OC(C)(C)C)CCCCC3)CCN(C)C2. The normalized spacial score (nSPS) is 16.5. The van der Waals surface area contributed by atoms with Gasteiger partial charge in [-0.1, -0.05) is 6.42 Å². The standard InChI is InChI=1S/C24H32BN3O3S2/c1-24(2,3)31-22(29)19-15-8-6-5-7-9-17(15)33-21(19)27-23(30)26-12-16-14-10-11-28(4)13-18(14)32-20(16)25/h5-13H2,1-4H3,(H2,26,27,30). The molecule has 0 aromatic carbocycles. The molecule has 4 rings (SSSR count). The number of ether oxygens (including phenoxy) is 1. The first-order valence-corrected chi connectivity index (χ1v) is 13.3. The van der Waals surface area contributed by atoms with E-state index < -0.39 is 5.60 Å². The number of anilines is 1. The van der Waals surface area contributed by atoms with Gasteiger partial charge < -0.3 is 15.0 Å². The van der Waals surface area contributed by atoms with Crippen LogP contribution >= 0.6 is 22.7 Å². The Morgan fingerprint density at radius 3 is 2.58 bits per heavy atom. The quantitative estimate of drug-likeness (QED) is 0.388. The Kier molecular flexibility index (Phi) is 7.22. The Hall–Kier alpha value is -1.84. The van der Waals surface area contributed by atoms with Crippen LogP contribution < -0.4 is 15.4 Å². The molecule has 1 aliphatic carbocycles. The minimum absolute atomic E-state index is 0.330. The Balaban J connectivity index is 1.51. The first-order chi connectivity index (χ1) is 15.6. The highest BCUT2D eigenvalue weighted by molar-refractivity contribution is 7.20. The number of rotatable bonds is 4. The van der Waals surface area contributed by atoms with Crippen molar-refractivity contribution in [2.75, 3.05) is 18.9 Å². The number of aryl methyl sites for hydroxylation is 1. The number of nitrogens with one attached hydrogen (secondary N) is 2. The van der Waals surface area contributed by atoms with Gasteiger partial charge in [-0.25, -0.2) is 9.59 Å². The molecule has 2 radical (unpaired) electrons. The van der Waals surface area contributed by atoms with E-state index in [1.165, 1.54) is 26.7 Å². The second-order valence-electron chi connectivity index (χ2n) is 9.91. The number of esters is 1. The van der Waals surface area contributed by atoms with Gasteiger partial charge in [-0.2, -0.15) is 11.3 Å². The van der Waals surface area contributed by atoms with E-state index in [0.29, 0.717) is 17.1 Å². The number of nitrogens with zero attached hydrogens (tertiary/aromatic N) is 1. The molecule has 3 heterocycles. The maximum Gasteiger partial charge on any atom is 0.341 e. The van der Waals surface area contributed by atoms with Crippen LogP contribution in [0.15, 0.2) is 0 Å². The van der Waals surface area contributed by atoms with Crippen LogP contribution in [0.25, 0.3) is 0 Å². The van der Waals surface area contributed by atoms with E-state index in [1.807, 2.05) is 20.8 Å². The highest BCUT2D eigenvalue weighted by Gasteiger charge is 2.29. The fourth-order valence-corrected chi connectivity index (χ4v) is 6.99. The van der Waals surface area contributed by atoms with Crippen molar-refractivity contribution in [2.24, 2.45) is 0 Å². The lowest BCUT2D eigenvalue weighted by atomic mass is 9.95. The molecule has 2 aromatic rings. The van der Waals surface area contributed by atoms with Gasteiger partial charge in [-0.05, 0) is 81.4 Å². The number of carbonyl (C=O) groups excluding carboxylic acids is 2. The molecule has 0 saturated carbocycles. The molecule has 1 aliphatic heterocycles. The summed E-state index contributed by atoms with van der Waals surface area (Å²) in [5.41, 5.74) is 3.26. The Morgan fingerprint density at radius 1 is 1.06 bits per heavy atom. The smallest absolute Gasteiger partial charge is 0.341 e. The monoisotopic (exact) mass is 485 g/mol. The molecule has 0 saturated heterocycles. The number of urea groups is 1. The molecule has 2 aromatic heterocycles. The molecule has 2 N–H and O–H groups in total. The average Bonchev–Trinajstić information content (AvgIpc) is 3.10. The van der Waals surface area contributed by atoms with Gasteiger partial charge in [0, 0.05) is 29.4 Å². The number of carbonyl (C=O) groups is 2. The molecule has 2 aliphatic rings. The highest BCUT2D eigenvalue weighted by Crippen LogP contribution is 2.38. The third-order valence-corrected chi connectivity index (χ3v) is 8.36. The van der Waals surface area contributed by atoms with Gasteiger partial charge in [0.1, 0.15) is 18.4 Å². The predicted octanol–water partition coefficient (Wildman–Crippen LogP) is 4.14. The number of likely N-dealkylation sites (N-methyl/N-ethyl adjacent to an activating group) is 1. The van der Waals surface area contributed by atoms with Gasteiger partial charge in [0.2, 0.25) is 0 Å². The molecular formula is C24H32BN3O3S2. The van der Waals surface area contributed by atoms with Gasteiger partial charge in [0.25, 0.3) is 0 Å². The minimum atomic E-state index is -0.597. The lowest BCUT2D eigenvalue weighted by molar-refractivity contribution is 0.00700. The first kappa shape index (κ1) is 24.3. The fraction of sp³-hybridized carbons (Fsp3) is 0.583. The van der Waals surface area contributed by atoms with Crippen molar-refractivity contribution >= 4 is 52.3 Å². The minimum Gasteiger partial charge on any atom is -0.456 e. The van der Waals surface area contributed by atoms with Crippen LogP contribution in [0, 0.1) is 0 Å². The van der Waals surface area contributed by atoms with E-state index in [4.69, 9.17) is 12.6 Å². The zero-order valence-corrected chi connectivity index (χ0v) is 21.6. The molecule has 0 fully saturated rings. The van der Waals surface area contributed by atoms with E-state index >= 15 is 0 Å². The van der Waals surface area contributed by atoms with Crippen LogP contribution in [-0.4, -0.2) is 43.9 Å². The Labute approximate surface area is 205 Å². The summed E-state index contributed by atoms with van der Waals surface area (Å²) >= 11 is 3.12. The zero-order chi connectivity index (χ0) is 23.8. The summed E-state index contributed by atoms with van der Waals surface area (Å²) in [6.45, 7) is 7.84. The summed E-state index contributed by atoms with van der Waals surface area (Å²) in [6.07, 6.45) is 6.02. The van der Waals surface area contributed by atoms with Crippen LogP contribution in [-0.2, 0) is 37.1 Å². The molecule has 0 bridgehead atoms. The van der Waals surface area contributed by atoms with Crippen molar-refractivity contribution in [2.45, 2.75) is 78.0 Å². The van der Waals surface area contributed by atoms with Crippen LogP contribution in [0.2, 0.25) is 0 Å². The number of fused-ring (bicyclic) bond motifs is 2. The number of thiophene rings is 2. The molecule has 0 unspecified atom stereocenters. The molecule has 0 atom stereocenters. The van der Waals surface area contributed by atoms with Gasteiger partial charge in [-0.15, -0.1) is 11.3 Å². The zero-order valence-electron chi connectivity index (χ0n) is 19.9. The van der Waals surface area contributed by atoms with E-state index in [9.17, 15) is 9.59 Å². The topological polar surface area (TPSA) is 70.7 Å². The highest BCUT2D eigenvalue weighted by atomic mass is 32.1. The molecule has 33 heavy (non-hydrogen) atoms. The van der Waals surface area contributed by atoms with Crippen molar-refractivity contribution in [3.63, 3.8) is 0 Å². The molecule has 9 heteroatoms. The maximum absolute atomic E-state index is 13.1. The van der Waals surface area contributed by atoms with Crippen molar-refractivity contribution in [1.29, 1.82) is 0 Å². The lowest BCUT2D eigenvalue weighted by Gasteiger charge is -2.23. The van der Waals surface area contributed by atoms with E-state index in [0.717, 1.165) is 67.5 Å². The van der Waals surface area contributed by atoms with Crippen molar-refractivity contribution in [3.05, 3.63) is 32.0 Å². The van der Waals surface area contributed by atoms with Crippen molar-refractivity contribution in [3.8, 4) is 0 Å². The average molecular weight is 485 g/mol. The lowest BCUT2D eigenvalue weighted by Crippen LogP contribution is -2.31. The van der Waals surface area contributed by atoms with Crippen LogP contribution in [0.4, 0.5) is 9.80 Å². The number of hydrogen-bond donors (Lipinski definition) is 2. The summed E-state index contributed by atoms with van der Waals surface area (Å²) in [7, 11) is 8.38. The van der Waals surface area contributed by atoms with Crippen molar-refractivity contribution < 1.29 is 14.3 Å². The molecule has 6 nitrogen and oxygen atoms in total. The largest absolute Gasteiger partial charge is 0.456 e. The van der Waals surface area contributed by atoms with Crippen LogP contribution in [0.1, 0.15) is 76.8 Å². The van der Waals surface area contributed by atoms with E-state index in [2.05, 4.69) is 22.6 Å². The molecule has 176 valence electrons. The molecule has 2 amide bonds. The summed E-state index contributed by atoms with van der Waals surface area (Å²) in [5.74, 6) is -0.363. The second kappa shape index (κ2) is 9.80. The fourth-order valence-electron chi connectivity index (χ4n) is 4.50. The summed E-state index contributed by atoms with van der Waals surface area (Å²) in [4.78, 5) is 30.7. The van der Waals surface area contributed by atoms with Gasteiger partial charge in [0.15, 0.2) is 0 Å². The maximum atomic E-state index is 13.1. The summed E-state index contributed by atoms with van der Waals surface area (Å²) in [6, 6.07) is -0.330. The van der Waals surface area contributed by atoms with Gasteiger partial charge >= 0.3 is 12.0 Å². The molecular weight excluding hydrogens is 453 g/mol. The molecule has 0 spiro atoms. The summed E-state index contributed by atoms with van der Waals surface area (Å²) < 4.78 is 6.46. The van der Waals surface area contributed by atoms with Crippen molar-refractivity contribution in [1.82, 2.24) is 10.2 Å². The predicted molar refractivity (Wildman–Crippen MR) is 136 cm³/mol. The van der Waals surface area contributed by atoms with Crippen LogP contribution in [0.3, 0.4) is 0 Å². The van der Waals surface area contributed by atoms with Gasteiger partial charge in [0.05, 0.1) is 5.56 Å². The van der Waals surface area contributed by atoms with Crippen LogP contribution in [0.5, 0.6) is 0 Å². The number of amides is 2. The third-order valence-electron chi connectivity index (χ3n) is 6.07. The Morgan fingerprint density at radius 2 is 1.82 bits per heavy atom. The third kappa shape index (κ3) is 5.63. The first-order valence-electron chi connectivity index (χ1n) is 11.6.